The van der Waals surface area contributed by atoms with E-state index in [9.17, 15) is 9.59 Å². The van der Waals surface area contributed by atoms with Crippen molar-refractivity contribution in [3.8, 4) is 0 Å². The standard InChI is InChI=1S/C16H18N4O2/c1-20-14-5-3-2-4-12(14)13(10-15(20)21)16(22)17-8-6-11-7-9-18-19-11/h2-5,7,9,13H,6,8,10H2,1H3,(H,17,22)(H,18,19). The minimum Gasteiger partial charge on any atom is -0.355 e. The maximum Gasteiger partial charge on any atom is 0.228 e. The number of nitrogens with zero attached hydrogens (tertiary/aromatic N) is 2. The number of carbonyl (C=O) groups excluding carboxylic acids is 2. The molecule has 0 saturated carbocycles. The van der Waals surface area contributed by atoms with Crippen LogP contribution in [0.15, 0.2) is 36.5 Å². The summed E-state index contributed by atoms with van der Waals surface area (Å²) in [7, 11) is 1.74. The largest absolute Gasteiger partial charge is 0.355 e. The third-order valence-corrected chi connectivity index (χ3v) is 3.99. The Labute approximate surface area is 128 Å². The highest BCUT2D eigenvalue weighted by atomic mass is 16.2. The van der Waals surface area contributed by atoms with Crippen LogP contribution in [-0.4, -0.2) is 35.6 Å². The lowest BCUT2D eigenvalue weighted by Gasteiger charge is -2.30. The van der Waals surface area contributed by atoms with E-state index in [1.807, 2.05) is 30.3 Å². The fourth-order valence-electron chi connectivity index (χ4n) is 2.74. The van der Waals surface area contributed by atoms with Crippen LogP contribution in [0.3, 0.4) is 0 Å². The molecule has 114 valence electrons. The number of amides is 2. The molecule has 2 aromatic rings. The summed E-state index contributed by atoms with van der Waals surface area (Å²) in [4.78, 5) is 26.1. The Hall–Kier alpha value is -2.63. The van der Waals surface area contributed by atoms with E-state index in [1.54, 1.807) is 18.1 Å². The highest BCUT2D eigenvalue weighted by Gasteiger charge is 2.33. The number of aromatic amines is 1. The van der Waals surface area contributed by atoms with Crippen molar-refractivity contribution in [2.24, 2.45) is 0 Å². The quantitative estimate of drug-likeness (QED) is 0.891. The van der Waals surface area contributed by atoms with E-state index in [-0.39, 0.29) is 18.2 Å². The number of fused-ring (bicyclic) bond motifs is 1. The van der Waals surface area contributed by atoms with Crippen molar-refractivity contribution < 1.29 is 9.59 Å². The molecule has 0 bridgehead atoms. The summed E-state index contributed by atoms with van der Waals surface area (Å²) >= 11 is 0. The Morgan fingerprint density at radius 3 is 3.00 bits per heavy atom. The summed E-state index contributed by atoms with van der Waals surface area (Å²) in [6.07, 6.45) is 2.58. The molecule has 2 N–H and O–H groups in total. The average Bonchev–Trinajstić information content (AvgIpc) is 3.04. The molecule has 0 spiro atoms. The van der Waals surface area contributed by atoms with Gasteiger partial charge >= 0.3 is 0 Å². The first kappa shape index (κ1) is 14.3. The van der Waals surface area contributed by atoms with E-state index in [4.69, 9.17) is 0 Å². The molecule has 2 heterocycles. The van der Waals surface area contributed by atoms with Crippen LogP contribution in [0.25, 0.3) is 0 Å². The number of hydrogen-bond donors (Lipinski definition) is 2. The van der Waals surface area contributed by atoms with Gasteiger partial charge in [0.05, 0.1) is 5.92 Å². The van der Waals surface area contributed by atoms with Crippen molar-refractivity contribution in [1.29, 1.82) is 0 Å². The minimum atomic E-state index is -0.415. The van der Waals surface area contributed by atoms with Gasteiger partial charge in [0.1, 0.15) is 0 Å². The van der Waals surface area contributed by atoms with Crippen LogP contribution >= 0.6 is 0 Å². The van der Waals surface area contributed by atoms with Gasteiger partial charge in [0.15, 0.2) is 0 Å². The zero-order valence-corrected chi connectivity index (χ0v) is 12.4. The maximum atomic E-state index is 12.4. The first-order valence-electron chi connectivity index (χ1n) is 7.28. The van der Waals surface area contributed by atoms with Crippen LogP contribution in [-0.2, 0) is 16.0 Å². The SMILES string of the molecule is CN1C(=O)CC(C(=O)NCCc2ccn[nH]2)c2ccccc21. The van der Waals surface area contributed by atoms with Crippen LogP contribution in [0.1, 0.15) is 23.6 Å². The van der Waals surface area contributed by atoms with E-state index in [0.29, 0.717) is 13.0 Å². The van der Waals surface area contributed by atoms with Gasteiger partial charge in [0, 0.05) is 44.0 Å². The van der Waals surface area contributed by atoms with Gasteiger partial charge in [-0.15, -0.1) is 0 Å². The molecule has 0 fully saturated rings. The minimum absolute atomic E-state index is 0.0348. The van der Waals surface area contributed by atoms with Crippen molar-refractivity contribution in [1.82, 2.24) is 15.5 Å². The van der Waals surface area contributed by atoms with Gasteiger partial charge in [0.2, 0.25) is 11.8 Å². The van der Waals surface area contributed by atoms with Gasteiger partial charge in [-0.2, -0.15) is 5.10 Å². The molecule has 1 aromatic heterocycles. The molecule has 22 heavy (non-hydrogen) atoms. The number of para-hydroxylation sites is 1. The van der Waals surface area contributed by atoms with Gasteiger partial charge in [-0.05, 0) is 17.7 Å². The summed E-state index contributed by atoms with van der Waals surface area (Å²) in [5, 5.41) is 9.64. The molecule has 1 aromatic carbocycles. The van der Waals surface area contributed by atoms with Crippen LogP contribution in [0.5, 0.6) is 0 Å². The van der Waals surface area contributed by atoms with Crippen molar-refractivity contribution in [2.75, 3.05) is 18.5 Å². The Bertz CT molecular complexity index is 681. The van der Waals surface area contributed by atoms with Crippen molar-refractivity contribution in [2.45, 2.75) is 18.8 Å². The lowest BCUT2D eigenvalue weighted by molar-refractivity contribution is -0.127. The molecule has 6 heteroatoms. The lowest BCUT2D eigenvalue weighted by Crippen LogP contribution is -2.39. The van der Waals surface area contributed by atoms with Crippen molar-refractivity contribution in [3.63, 3.8) is 0 Å². The Balaban J connectivity index is 1.69. The molecule has 1 aliphatic rings. The number of rotatable bonds is 4. The molecular formula is C16H18N4O2. The predicted octanol–water partition coefficient (Wildman–Crippen LogP) is 1.22. The zero-order chi connectivity index (χ0) is 15.5. The number of nitrogens with one attached hydrogen (secondary N) is 2. The summed E-state index contributed by atoms with van der Waals surface area (Å²) in [5.74, 6) is -0.553. The Kier molecular flexibility index (Phi) is 3.91. The monoisotopic (exact) mass is 298 g/mol. The molecule has 0 aliphatic carbocycles. The molecule has 2 amide bonds. The highest BCUT2D eigenvalue weighted by molar-refractivity contribution is 6.02. The molecule has 6 nitrogen and oxygen atoms in total. The molecule has 3 rings (SSSR count). The third kappa shape index (κ3) is 2.72. The Morgan fingerprint density at radius 1 is 1.41 bits per heavy atom. The fourth-order valence-corrected chi connectivity index (χ4v) is 2.74. The van der Waals surface area contributed by atoms with Crippen LogP contribution < -0.4 is 10.2 Å². The second kappa shape index (κ2) is 6.01. The number of anilines is 1. The van der Waals surface area contributed by atoms with E-state index in [2.05, 4.69) is 15.5 Å². The van der Waals surface area contributed by atoms with Crippen molar-refractivity contribution >= 4 is 17.5 Å². The number of H-pyrrole nitrogens is 1. The fraction of sp³-hybridized carbons (Fsp3) is 0.312. The van der Waals surface area contributed by atoms with Crippen molar-refractivity contribution in [3.05, 3.63) is 47.8 Å². The number of hydrogen-bond acceptors (Lipinski definition) is 3. The molecule has 0 radical (unpaired) electrons. The zero-order valence-electron chi connectivity index (χ0n) is 12.4. The second-order valence-corrected chi connectivity index (χ2v) is 5.39. The van der Waals surface area contributed by atoms with E-state index in [1.165, 1.54) is 0 Å². The first-order valence-corrected chi connectivity index (χ1v) is 7.28. The maximum absolute atomic E-state index is 12.4. The van der Waals surface area contributed by atoms with E-state index < -0.39 is 5.92 Å². The normalized spacial score (nSPS) is 17.2. The first-order chi connectivity index (χ1) is 10.7. The Morgan fingerprint density at radius 2 is 2.23 bits per heavy atom. The summed E-state index contributed by atoms with van der Waals surface area (Å²) in [6.45, 7) is 0.518. The number of benzene rings is 1. The molecule has 1 atom stereocenters. The van der Waals surface area contributed by atoms with E-state index >= 15 is 0 Å². The topological polar surface area (TPSA) is 78.1 Å². The molecule has 0 saturated heterocycles. The second-order valence-electron chi connectivity index (χ2n) is 5.39. The van der Waals surface area contributed by atoms with Gasteiger partial charge in [-0.3, -0.25) is 14.7 Å². The van der Waals surface area contributed by atoms with Gasteiger partial charge in [0.25, 0.3) is 0 Å². The average molecular weight is 298 g/mol. The number of aromatic nitrogens is 2. The summed E-state index contributed by atoms with van der Waals surface area (Å²) < 4.78 is 0. The van der Waals surface area contributed by atoms with Gasteiger partial charge < -0.3 is 10.2 Å². The van der Waals surface area contributed by atoms with E-state index in [0.717, 1.165) is 16.9 Å². The van der Waals surface area contributed by atoms with Crippen LogP contribution in [0, 0.1) is 0 Å². The highest BCUT2D eigenvalue weighted by Crippen LogP contribution is 2.34. The molecule has 1 aliphatic heterocycles. The summed E-state index contributed by atoms with van der Waals surface area (Å²) in [5.41, 5.74) is 2.69. The molecule has 1 unspecified atom stereocenters. The van der Waals surface area contributed by atoms with Crippen LogP contribution in [0.4, 0.5) is 5.69 Å². The van der Waals surface area contributed by atoms with Crippen LogP contribution in [0.2, 0.25) is 0 Å². The third-order valence-electron chi connectivity index (χ3n) is 3.99. The smallest absolute Gasteiger partial charge is 0.228 e. The lowest BCUT2D eigenvalue weighted by atomic mass is 9.89. The number of carbonyl (C=O) groups is 2. The molecular weight excluding hydrogens is 280 g/mol. The van der Waals surface area contributed by atoms with Gasteiger partial charge in [-0.25, -0.2) is 0 Å². The summed E-state index contributed by atoms with van der Waals surface area (Å²) in [6, 6.07) is 9.43. The van der Waals surface area contributed by atoms with Gasteiger partial charge in [-0.1, -0.05) is 18.2 Å². The predicted molar refractivity (Wildman–Crippen MR) is 82.5 cm³/mol.